The van der Waals surface area contributed by atoms with Crippen molar-refractivity contribution in [3.8, 4) is 17.6 Å². The molecule has 6 heteroatoms. The van der Waals surface area contributed by atoms with Gasteiger partial charge in [-0.3, -0.25) is 0 Å². The zero-order valence-electron chi connectivity index (χ0n) is 15.0. The molecule has 0 radical (unpaired) electrons. The first-order valence-electron chi connectivity index (χ1n) is 8.27. The van der Waals surface area contributed by atoms with Crippen molar-refractivity contribution < 1.29 is 19.0 Å². The van der Waals surface area contributed by atoms with Crippen LogP contribution < -0.4 is 9.47 Å². The number of esters is 1. The molecule has 1 heterocycles. The van der Waals surface area contributed by atoms with E-state index in [1.807, 2.05) is 30.3 Å². The predicted octanol–water partition coefficient (Wildman–Crippen LogP) is 3.07. The largest absolute Gasteiger partial charge is 0.497 e. The van der Waals surface area contributed by atoms with Gasteiger partial charge in [0.05, 0.1) is 20.3 Å². The van der Waals surface area contributed by atoms with E-state index in [1.54, 1.807) is 38.5 Å². The lowest BCUT2D eigenvalue weighted by Crippen LogP contribution is -2.34. The van der Waals surface area contributed by atoms with Gasteiger partial charge in [0.15, 0.2) is 5.54 Å². The summed E-state index contributed by atoms with van der Waals surface area (Å²) in [6.45, 7) is 0. The highest BCUT2D eigenvalue weighted by atomic mass is 16.6. The van der Waals surface area contributed by atoms with E-state index in [0.29, 0.717) is 11.3 Å². The number of aliphatic imine (C=N–C) groups is 1. The Hall–Kier alpha value is -3.59. The van der Waals surface area contributed by atoms with Crippen molar-refractivity contribution in [1.82, 2.24) is 0 Å². The van der Waals surface area contributed by atoms with E-state index < -0.39 is 11.5 Å². The number of nitriles is 1. The van der Waals surface area contributed by atoms with Crippen LogP contribution in [0, 0.1) is 11.3 Å². The topological polar surface area (TPSA) is 80.9 Å². The van der Waals surface area contributed by atoms with Crippen LogP contribution in [-0.2, 0) is 16.0 Å². The average molecular weight is 362 g/mol. The van der Waals surface area contributed by atoms with Gasteiger partial charge in [0, 0.05) is 18.1 Å². The van der Waals surface area contributed by atoms with Crippen molar-refractivity contribution in [3.05, 3.63) is 71.8 Å². The van der Waals surface area contributed by atoms with Crippen molar-refractivity contribution in [3.63, 3.8) is 0 Å². The lowest BCUT2D eigenvalue weighted by molar-refractivity contribution is -0.137. The molecule has 0 saturated heterocycles. The summed E-state index contributed by atoms with van der Waals surface area (Å²) >= 11 is 0. The first kappa shape index (κ1) is 18.2. The van der Waals surface area contributed by atoms with Crippen LogP contribution in [0.2, 0.25) is 0 Å². The van der Waals surface area contributed by atoms with Crippen molar-refractivity contribution in [2.45, 2.75) is 12.0 Å². The molecule has 0 aromatic heterocycles. The number of carbonyl (C=O) groups excluding carboxylic acids is 1. The lowest BCUT2D eigenvalue weighted by atomic mass is 9.91. The van der Waals surface area contributed by atoms with Gasteiger partial charge in [0.2, 0.25) is 5.90 Å². The van der Waals surface area contributed by atoms with E-state index in [2.05, 4.69) is 4.99 Å². The number of methoxy groups -OCH3 is 2. The number of allylic oxidation sites excluding steroid dienone is 1. The summed E-state index contributed by atoms with van der Waals surface area (Å²) in [4.78, 5) is 17.2. The smallest absolute Gasteiger partial charge is 0.345 e. The van der Waals surface area contributed by atoms with E-state index in [4.69, 9.17) is 19.5 Å². The number of carbonyl (C=O) groups is 1. The van der Waals surface area contributed by atoms with E-state index in [0.717, 1.165) is 11.3 Å². The summed E-state index contributed by atoms with van der Waals surface area (Å²) in [5.74, 6) is 1.11. The number of benzene rings is 2. The Bertz CT molecular complexity index is 924. The fraction of sp³-hybridized carbons (Fsp3) is 0.190. The molecule has 136 valence electrons. The zero-order chi connectivity index (χ0) is 19.3. The molecule has 27 heavy (non-hydrogen) atoms. The lowest BCUT2D eigenvalue weighted by Gasteiger charge is -2.17. The van der Waals surface area contributed by atoms with Crippen molar-refractivity contribution >= 4 is 11.9 Å². The molecular formula is C21H18N2O4. The van der Waals surface area contributed by atoms with Crippen LogP contribution in [0.4, 0.5) is 0 Å². The molecule has 2 aromatic carbocycles. The maximum Gasteiger partial charge on any atom is 0.345 e. The molecule has 1 atom stereocenters. The van der Waals surface area contributed by atoms with Gasteiger partial charge >= 0.3 is 5.97 Å². The highest BCUT2D eigenvalue weighted by Gasteiger charge is 2.44. The minimum absolute atomic E-state index is 0.221. The zero-order valence-corrected chi connectivity index (χ0v) is 15.0. The normalized spacial score (nSPS) is 18.7. The Labute approximate surface area is 157 Å². The van der Waals surface area contributed by atoms with Gasteiger partial charge in [-0.05, 0) is 48.0 Å². The SMILES string of the molecule is COc1ccc(C[C@@]2(/C=C\C#N)N=C(c3ccc(OC)cc3)OC2=O)cc1. The molecule has 0 unspecified atom stereocenters. The van der Waals surface area contributed by atoms with E-state index in [-0.39, 0.29) is 12.3 Å². The van der Waals surface area contributed by atoms with Crippen LogP contribution in [0.15, 0.2) is 65.7 Å². The fourth-order valence-electron chi connectivity index (χ4n) is 2.79. The Morgan fingerprint density at radius 3 is 2.22 bits per heavy atom. The third-order valence-corrected chi connectivity index (χ3v) is 4.25. The second-order valence-electron chi connectivity index (χ2n) is 5.95. The Kier molecular flexibility index (Phi) is 5.23. The number of cyclic esters (lactones) is 1. The second kappa shape index (κ2) is 7.75. The summed E-state index contributed by atoms with van der Waals surface area (Å²) in [6.07, 6.45) is 3.01. The summed E-state index contributed by atoms with van der Waals surface area (Å²) in [6, 6.07) is 16.3. The fourth-order valence-corrected chi connectivity index (χ4v) is 2.79. The van der Waals surface area contributed by atoms with Crippen molar-refractivity contribution in [1.29, 1.82) is 5.26 Å². The number of nitrogens with zero attached hydrogens (tertiary/aromatic N) is 2. The maximum atomic E-state index is 12.7. The summed E-state index contributed by atoms with van der Waals surface area (Å²) in [5.41, 5.74) is 0.251. The van der Waals surface area contributed by atoms with Crippen LogP contribution in [-0.4, -0.2) is 31.6 Å². The number of hydrogen-bond acceptors (Lipinski definition) is 6. The molecule has 0 saturated carbocycles. The molecule has 6 nitrogen and oxygen atoms in total. The quantitative estimate of drug-likeness (QED) is 0.583. The predicted molar refractivity (Wildman–Crippen MR) is 99.8 cm³/mol. The summed E-state index contributed by atoms with van der Waals surface area (Å²) in [7, 11) is 3.17. The van der Waals surface area contributed by atoms with Gasteiger partial charge in [-0.2, -0.15) is 5.26 Å². The second-order valence-corrected chi connectivity index (χ2v) is 5.95. The third kappa shape index (κ3) is 3.82. The monoisotopic (exact) mass is 362 g/mol. The highest BCUT2D eigenvalue weighted by Crippen LogP contribution is 2.30. The molecule has 0 fully saturated rings. The van der Waals surface area contributed by atoms with Gasteiger partial charge in [-0.1, -0.05) is 12.1 Å². The number of ether oxygens (including phenoxy) is 3. The molecule has 1 aliphatic heterocycles. The maximum absolute atomic E-state index is 12.7. The van der Waals surface area contributed by atoms with Crippen LogP contribution in [0.3, 0.4) is 0 Å². The summed E-state index contributed by atoms with van der Waals surface area (Å²) in [5, 5.41) is 8.93. The van der Waals surface area contributed by atoms with E-state index in [1.165, 1.54) is 12.2 Å². The number of rotatable bonds is 6. The molecule has 0 bridgehead atoms. The van der Waals surface area contributed by atoms with Gasteiger partial charge in [-0.15, -0.1) is 0 Å². The highest BCUT2D eigenvalue weighted by molar-refractivity contribution is 6.09. The van der Waals surface area contributed by atoms with Gasteiger partial charge in [0.1, 0.15) is 11.5 Å². The molecule has 0 aliphatic carbocycles. The standard InChI is InChI=1S/C21H18N2O4/c1-25-17-8-4-15(5-9-17)14-21(12-3-13-22)20(24)27-19(23-21)16-6-10-18(26-2)11-7-16/h3-12H,14H2,1-2H3/b12-3-/t21-/m1/s1. The average Bonchev–Trinajstić information content (AvgIpc) is 3.03. The van der Waals surface area contributed by atoms with Crippen LogP contribution in [0.1, 0.15) is 11.1 Å². The van der Waals surface area contributed by atoms with Crippen LogP contribution in [0.25, 0.3) is 0 Å². The Balaban J connectivity index is 1.96. The van der Waals surface area contributed by atoms with Crippen molar-refractivity contribution in [2.24, 2.45) is 4.99 Å². The van der Waals surface area contributed by atoms with Crippen LogP contribution >= 0.6 is 0 Å². The molecule has 1 aliphatic rings. The molecule has 0 N–H and O–H groups in total. The first-order valence-corrected chi connectivity index (χ1v) is 8.27. The van der Waals surface area contributed by atoms with Crippen molar-refractivity contribution in [2.75, 3.05) is 14.2 Å². The van der Waals surface area contributed by atoms with Crippen LogP contribution in [0.5, 0.6) is 11.5 Å². The Morgan fingerprint density at radius 1 is 1.07 bits per heavy atom. The van der Waals surface area contributed by atoms with Gasteiger partial charge < -0.3 is 14.2 Å². The van der Waals surface area contributed by atoms with E-state index >= 15 is 0 Å². The third-order valence-electron chi connectivity index (χ3n) is 4.25. The molecular weight excluding hydrogens is 344 g/mol. The Morgan fingerprint density at radius 2 is 1.67 bits per heavy atom. The molecule has 0 spiro atoms. The molecule has 0 amide bonds. The molecule has 3 rings (SSSR count). The minimum atomic E-state index is -1.28. The first-order chi connectivity index (χ1) is 13.1. The number of hydrogen-bond donors (Lipinski definition) is 0. The van der Waals surface area contributed by atoms with Gasteiger partial charge in [-0.25, -0.2) is 9.79 Å². The minimum Gasteiger partial charge on any atom is -0.497 e. The van der Waals surface area contributed by atoms with Gasteiger partial charge in [0.25, 0.3) is 0 Å². The van der Waals surface area contributed by atoms with E-state index in [9.17, 15) is 4.79 Å². The molecule has 2 aromatic rings. The summed E-state index contributed by atoms with van der Waals surface area (Å²) < 4.78 is 15.7.